The van der Waals surface area contributed by atoms with Gasteiger partial charge in [0.2, 0.25) is 0 Å². The summed E-state index contributed by atoms with van der Waals surface area (Å²) in [7, 11) is 0. The van der Waals surface area contributed by atoms with E-state index in [1.165, 1.54) is 0 Å². The van der Waals surface area contributed by atoms with E-state index in [1.807, 2.05) is 18.2 Å². The molecule has 1 aliphatic rings. The SMILES string of the molecule is Nc1cccc2ccnc(C(=O)NC3CC3)c12. The van der Waals surface area contributed by atoms with Crippen LogP contribution >= 0.6 is 0 Å². The largest absolute Gasteiger partial charge is 0.398 e. The minimum absolute atomic E-state index is 0.129. The number of nitrogen functional groups attached to an aromatic ring is 1. The highest BCUT2D eigenvalue weighted by Crippen LogP contribution is 2.25. The summed E-state index contributed by atoms with van der Waals surface area (Å²) in [4.78, 5) is 16.2. The quantitative estimate of drug-likeness (QED) is 0.767. The van der Waals surface area contributed by atoms with E-state index in [1.54, 1.807) is 12.3 Å². The lowest BCUT2D eigenvalue weighted by atomic mass is 10.1. The number of hydrogen-bond donors (Lipinski definition) is 2. The van der Waals surface area contributed by atoms with Gasteiger partial charge in [0.25, 0.3) is 5.91 Å². The summed E-state index contributed by atoms with van der Waals surface area (Å²) in [5.41, 5.74) is 6.94. The highest BCUT2D eigenvalue weighted by atomic mass is 16.2. The van der Waals surface area contributed by atoms with Gasteiger partial charge >= 0.3 is 0 Å². The highest BCUT2D eigenvalue weighted by Gasteiger charge is 2.25. The minimum atomic E-state index is -0.129. The molecule has 4 heteroatoms. The van der Waals surface area contributed by atoms with Gasteiger partial charge in [0.1, 0.15) is 5.69 Å². The number of pyridine rings is 1. The maximum Gasteiger partial charge on any atom is 0.270 e. The Morgan fingerprint density at radius 2 is 2.18 bits per heavy atom. The molecule has 2 aromatic rings. The molecule has 3 N–H and O–H groups in total. The van der Waals surface area contributed by atoms with Gasteiger partial charge < -0.3 is 11.1 Å². The summed E-state index contributed by atoms with van der Waals surface area (Å²) in [6.07, 6.45) is 3.77. The first-order chi connectivity index (χ1) is 8.25. The molecule has 0 bridgehead atoms. The molecule has 3 rings (SSSR count). The Bertz CT molecular complexity index is 585. The maximum atomic E-state index is 12.0. The second kappa shape index (κ2) is 3.73. The molecule has 1 heterocycles. The van der Waals surface area contributed by atoms with E-state index in [2.05, 4.69) is 10.3 Å². The van der Waals surface area contributed by atoms with E-state index in [-0.39, 0.29) is 5.91 Å². The van der Waals surface area contributed by atoms with Gasteiger partial charge in [0.15, 0.2) is 0 Å². The molecule has 86 valence electrons. The summed E-state index contributed by atoms with van der Waals surface area (Å²) in [6.45, 7) is 0. The number of rotatable bonds is 2. The minimum Gasteiger partial charge on any atom is -0.398 e. The van der Waals surface area contributed by atoms with Gasteiger partial charge in [-0.05, 0) is 30.4 Å². The molecule has 0 radical (unpaired) electrons. The molecule has 1 fully saturated rings. The highest BCUT2D eigenvalue weighted by molar-refractivity contribution is 6.09. The van der Waals surface area contributed by atoms with Crippen molar-refractivity contribution in [3.63, 3.8) is 0 Å². The summed E-state index contributed by atoms with van der Waals surface area (Å²) in [5, 5.41) is 4.62. The number of aromatic nitrogens is 1. The smallest absolute Gasteiger partial charge is 0.270 e. The maximum absolute atomic E-state index is 12.0. The van der Waals surface area contributed by atoms with Gasteiger partial charge in [0, 0.05) is 23.3 Å². The number of hydrogen-bond acceptors (Lipinski definition) is 3. The molecule has 0 spiro atoms. The van der Waals surface area contributed by atoms with Crippen LogP contribution in [0.2, 0.25) is 0 Å². The van der Waals surface area contributed by atoms with Crippen LogP contribution in [0.1, 0.15) is 23.3 Å². The van der Waals surface area contributed by atoms with Crippen molar-refractivity contribution < 1.29 is 4.79 Å². The third-order valence-electron chi connectivity index (χ3n) is 2.95. The van der Waals surface area contributed by atoms with Gasteiger partial charge in [-0.2, -0.15) is 0 Å². The summed E-state index contributed by atoms with van der Waals surface area (Å²) in [6, 6.07) is 7.78. The molecular formula is C13H13N3O. The summed E-state index contributed by atoms with van der Waals surface area (Å²) >= 11 is 0. The second-order valence-corrected chi connectivity index (χ2v) is 4.35. The van der Waals surface area contributed by atoms with Crippen molar-refractivity contribution in [2.45, 2.75) is 18.9 Å². The van der Waals surface area contributed by atoms with Gasteiger partial charge in [-0.15, -0.1) is 0 Å². The normalized spacial score (nSPS) is 14.8. The Labute approximate surface area is 98.8 Å². The fourth-order valence-electron chi connectivity index (χ4n) is 1.91. The van der Waals surface area contributed by atoms with Crippen molar-refractivity contribution in [2.75, 3.05) is 5.73 Å². The Morgan fingerprint density at radius 3 is 2.94 bits per heavy atom. The van der Waals surface area contributed by atoms with Crippen LogP contribution in [-0.4, -0.2) is 16.9 Å². The molecule has 0 saturated heterocycles. The molecule has 17 heavy (non-hydrogen) atoms. The second-order valence-electron chi connectivity index (χ2n) is 4.35. The van der Waals surface area contributed by atoms with Crippen molar-refractivity contribution >= 4 is 22.4 Å². The van der Waals surface area contributed by atoms with E-state index in [0.717, 1.165) is 23.6 Å². The van der Waals surface area contributed by atoms with Crippen molar-refractivity contribution in [1.82, 2.24) is 10.3 Å². The first-order valence-corrected chi connectivity index (χ1v) is 5.70. The molecule has 1 aromatic carbocycles. The molecule has 0 unspecified atom stereocenters. The fraction of sp³-hybridized carbons (Fsp3) is 0.231. The third kappa shape index (κ3) is 1.82. The summed E-state index contributed by atoms with van der Waals surface area (Å²) < 4.78 is 0. The van der Waals surface area contributed by atoms with E-state index in [0.29, 0.717) is 17.4 Å². The lowest BCUT2D eigenvalue weighted by Crippen LogP contribution is -2.26. The topological polar surface area (TPSA) is 68.0 Å². The number of benzene rings is 1. The Hall–Kier alpha value is -2.10. The van der Waals surface area contributed by atoms with Crippen LogP contribution in [0.15, 0.2) is 30.5 Å². The molecule has 1 aliphatic carbocycles. The van der Waals surface area contributed by atoms with E-state index >= 15 is 0 Å². The Morgan fingerprint density at radius 1 is 1.35 bits per heavy atom. The van der Waals surface area contributed by atoms with Crippen LogP contribution in [-0.2, 0) is 0 Å². The molecule has 4 nitrogen and oxygen atoms in total. The van der Waals surface area contributed by atoms with Gasteiger partial charge in [-0.25, -0.2) is 0 Å². The molecule has 1 amide bonds. The first kappa shape index (κ1) is 10.1. The number of amides is 1. The van der Waals surface area contributed by atoms with Crippen molar-refractivity contribution in [3.8, 4) is 0 Å². The van der Waals surface area contributed by atoms with Crippen LogP contribution in [0.3, 0.4) is 0 Å². The van der Waals surface area contributed by atoms with E-state index < -0.39 is 0 Å². The molecule has 0 atom stereocenters. The van der Waals surface area contributed by atoms with Crippen LogP contribution in [0.25, 0.3) is 10.8 Å². The number of nitrogens with zero attached hydrogens (tertiary/aromatic N) is 1. The third-order valence-corrected chi connectivity index (χ3v) is 2.95. The van der Waals surface area contributed by atoms with Crippen molar-refractivity contribution in [2.24, 2.45) is 0 Å². The van der Waals surface area contributed by atoms with Crippen LogP contribution < -0.4 is 11.1 Å². The predicted octanol–water partition coefficient (Wildman–Crippen LogP) is 1.71. The average molecular weight is 227 g/mol. The van der Waals surface area contributed by atoms with Crippen LogP contribution in [0.4, 0.5) is 5.69 Å². The van der Waals surface area contributed by atoms with Crippen LogP contribution in [0, 0.1) is 0 Å². The number of nitrogens with one attached hydrogen (secondary N) is 1. The number of fused-ring (bicyclic) bond motifs is 1. The summed E-state index contributed by atoms with van der Waals surface area (Å²) in [5.74, 6) is -0.129. The number of nitrogens with two attached hydrogens (primary N) is 1. The zero-order valence-corrected chi connectivity index (χ0v) is 9.31. The number of anilines is 1. The Kier molecular flexibility index (Phi) is 2.21. The zero-order chi connectivity index (χ0) is 11.8. The molecular weight excluding hydrogens is 214 g/mol. The number of carbonyl (C=O) groups is 1. The van der Waals surface area contributed by atoms with Crippen molar-refractivity contribution in [3.05, 3.63) is 36.2 Å². The zero-order valence-electron chi connectivity index (χ0n) is 9.31. The fourth-order valence-corrected chi connectivity index (χ4v) is 1.91. The standard InChI is InChI=1S/C13H13N3O/c14-10-3-1-2-8-6-7-15-12(11(8)10)13(17)16-9-4-5-9/h1-3,6-7,9H,4-5,14H2,(H,16,17). The lowest BCUT2D eigenvalue weighted by molar-refractivity contribution is 0.0948. The molecule has 1 aromatic heterocycles. The van der Waals surface area contributed by atoms with E-state index in [9.17, 15) is 4.79 Å². The monoisotopic (exact) mass is 227 g/mol. The van der Waals surface area contributed by atoms with Gasteiger partial charge in [-0.1, -0.05) is 12.1 Å². The predicted molar refractivity (Wildman–Crippen MR) is 66.6 cm³/mol. The Balaban J connectivity index is 2.11. The molecule has 1 saturated carbocycles. The first-order valence-electron chi connectivity index (χ1n) is 5.70. The van der Waals surface area contributed by atoms with Gasteiger partial charge in [0.05, 0.1) is 0 Å². The van der Waals surface area contributed by atoms with Crippen LogP contribution in [0.5, 0.6) is 0 Å². The average Bonchev–Trinajstić information content (AvgIpc) is 3.12. The molecule has 0 aliphatic heterocycles. The number of carbonyl (C=O) groups excluding carboxylic acids is 1. The lowest BCUT2D eigenvalue weighted by Gasteiger charge is -2.08. The van der Waals surface area contributed by atoms with E-state index in [4.69, 9.17) is 5.73 Å². The van der Waals surface area contributed by atoms with Crippen molar-refractivity contribution in [1.29, 1.82) is 0 Å². The van der Waals surface area contributed by atoms with Gasteiger partial charge in [-0.3, -0.25) is 9.78 Å².